The summed E-state index contributed by atoms with van der Waals surface area (Å²) in [5, 5.41) is 2.46. The van der Waals surface area contributed by atoms with E-state index in [4.69, 9.17) is 5.73 Å². The molecule has 4 nitrogen and oxygen atoms in total. The monoisotopic (exact) mass is 295 g/mol. The Balaban J connectivity index is 2.25. The Bertz CT molecular complexity index is 683. The van der Waals surface area contributed by atoms with Crippen molar-refractivity contribution in [1.82, 2.24) is 4.98 Å². The molecular weight excluding hydrogens is 283 g/mol. The van der Waals surface area contributed by atoms with Gasteiger partial charge in [0.05, 0.1) is 17.4 Å². The minimum Gasteiger partial charge on any atom is -0.397 e. The number of pyridine rings is 1. The number of hydrogen-bond acceptors (Lipinski definition) is 3. The molecule has 1 heterocycles. The summed E-state index contributed by atoms with van der Waals surface area (Å²) in [6, 6.07) is 5.79. The highest BCUT2D eigenvalue weighted by molar-refractivity contribution is 6.04. The summed E-state index contributed by atoms with van der Waals surface area (Å²) < 4.78 is 37.8. The van der Waals surface area contributed by atoms with Gasteiger partial charge in [0.1, 0.15) is 5.82 Å². The first-order valence-electron chi connectivity index (χ1n) is 5.98. The number of carbonyl (C=O) groups is 1. The maximum absolute atomic E-state index is 12.6. The Labute approximate surface area is 118 Å². The molecule has 0 bridgehead atoms. The SMILES string of the molecule is Cc1cc(N)cnc1NC(=O)c1cccc(C(F)(F)F)c1. The molecule has 1 aromatic carbocycles. The normalized spacial score (nSPS) is 11.2. The molecule has 7 heteroatoms. The van der Waals surface area contributed by atoms with E-state index in [0.29, 0.717) is 11.3 Å². The predicted molar refractivity (Wildman–Crippen MR) is 72.8 cm³/mol. The van der Waals surface area contributed by atoms with Crippen LogP contribution in [-0.2, 0) is 6.18 Å². The van der Waals surface area contributed by atoms with Crippen LogP contribution in [0.4, 0.5) is 24.7 Å². The van der Waals surface area contributed by atoms with Crippen molar-refractivity contribution in [3.05, 3.63) is 53.2 Å². The zero-order valence-corrected chi connectivity index (χ0v) is 11.0. The van der Waals surface area contributed by atoms with Crippen molar-refractivity contribution in [2.45, 2.75) is 13.1 Å². The molecule has 0 spiro atoms. The van der Waals surface area contributed by atoms with Gasteiger partial charge >= 0.3 is 6.18 Å². The fourth-order valence-corrected chi connectivity index (χ4v) is 1.74. The van der Waals surface area contributed by atoms with Gasteiger partial charge in [-0.2, -0.15) is 13.2 Å². The first-order valence-corrected chi connectivity index (χ1v) is 5.98. The van der Waals surface area contributed by atoms with Gasteiger partial charge in [0, 0.05) is 5.56 Å². The number of hydrogen-bond donors (Lipinski definition) is 2. The number of nitrogen functional groups attached to an aromatic ring is 1. The van der Waals surface area contributed by atoms with Crippen LogP contribution in [0.3, 0.4) is 0 Å². The van der Waals surface area contributed by atoms with Crippen molar-refractivity contribution < 1.29 is 18.0 Å². The van der Waals surface area contributed by atoms with Gasteiger partial charge in [-0.15, -0.1) is 0 Å². The van der Waals surface area contributed by atoms with E-state index in [1.165, 1.54) is 18.3 Å². The first kappa shape index (κ1) is 14.8. The van der Waals surface area contributed by atoms with Crippen molar-refractivity contribution in [3.8, 4) is 0 Å². The van der Waals surface area contributed by atoms with E-state index in [1.807, 2.05) is 0 Å². The number of nitrogens with one attached hydrogen (secondary N) is 1. The molecule has 0 aliphatic rings. The second kappa shape index (κ2) is 5.43. The second-order valence-corrected chi connectivity index (χ2v) is 4.47. The second-order valence-electron chi connectivity index (χ2n) is 4.47. The van der Waals surface area contributed by atoms with E-state index in [2.05, 4.69) is 10.3 Å². The van der Waals surface area contributed by atoms with Crippen LogP contribution in [-0.4, -0.2) is 10.9 Å². The molecule has 1 aromatic heterocycles. The molecule has 21 heavy (non-hydrogen) atoms. The molecular formula is C14H12F3N3O. The number of rotatable bonds is 2. The van der Waals surface area contributed by atoms with Crippen LogP contribution in [0, 0.1) is 6.92 Å². The maximum Gasteiger partial charge on any atom is 0.416 e. The van der Waals surface area contributed by atoms with Crippen LogP contribution in [0.5, 0.6) is 0 Å². The predicted octanol–water partition coefficient (Wildman–Crippen LogP) is 3.24. The Morgan fingerprint density at radius 2 is 2.00 bits per heavy atom. The zero-order valence-electron chi connectivity index (χ0n) is 11.0. The van der Waals surface area contributed by atoms with Gasteiger partial charge in [0.15, 0.2) is 0 Å². The van der Waals surface area contributed by atoms with Gasteiger partial charge in [-0.3, -0.25) is 4.79 Å². The number of carbonyl (C=O) groups excluding carboxylic acids is 1. The molecule has 0 atom stereocenters. The molecule has 0 fully saturated rings. The fourth-order valence-electron chi connectivity index (χ4n) is 1.74. The first-order chi connectivity index (χ1) is 9.77. The van der Waals surface area contributed by atoms with E-state index in [0.717, 1.165) is 12.1 Å². The molecule has 2 aromatic rings. The number of nitrogens with two attached hydrogens (primary N) is 1. The average molecular weight is 295 g/mol. The minimum atomic E-state index is -4.49. The Morgan fingerprint density at radius 1 is 1.29 bits per heavy atom. The quantitative estimate of drug-likeness (QED) is 0.893. The van der Waals surface area contributed by atoms with E-state index in [1.54, 1.807) is 13.0 Å². The Morgan fingerprint density at radius 3 is 2.62 bits per heavy atom. The lowest BCUT2D eigenvalue weighted by molar-refractivity contribution is -0.137. The summed E-state index contributed by atoms with van der Waals surface area (Å²) in [5.41, 5.74) is 5.62. The Kier molecular flexibility index (Phi) is 3.84. The van der Waals surface area contributed by atoms with Crippen molar-refractivity contribution in [3.63, 3.8) is 0 Å². The third kappa shape index (κ3) is 3.50. The lowest BCUT2D eigenvalue weighted by atomic mass is 10.1. The molecule has 0 saturated carbocycles. The molecule has 0 aliphatic heterocycles. The summed E-state index contributed by atoms with van der Waals surface area (Å²) >= 11 is 0. The summed E-state index contributed by atoms with van der Waals surface area (Å²) in [6.45, 7) is 1.69. The third-order valence-electron chi connectivity index (χ3n) is 2.78. The molecule has 0 saturated heterocycles. The van der Waals surface area contributed by atoms with Crippen LogP contribution >= 0.6 is 0 Å². The highest BCUT2D eigenvalue weighted by Crippen LogP contribution is 2.29. The van der Waals surface area contributed by atoms with Crippen LogP contribution in [0.15, 0.2) is 36.5 Å². The molecule has 3 N–H and O–H groups in total. The number of amides is 1. The van der Waals surface area contributed by atoms with E-state index in [9.17, 15) is 18.0 Å². The summed E-state index contributed by atoms with van der Waals surface area (Å²) in [5.74, 6) is -0.409. The molecule has 1 amide bonds. The number of halogens is 3. The standard InChI is InChI=1S/C14H12F3N3O/c1-8-5-11(18)7-19-12(8)20-13(21)9-3-2-4-10(6-9)14(15,16)17/h2-7H,18H2,1H3,(H,19,20,21). The lowest BCUT2D eigenvalue weighted by Gasteiger charge is -2.10. The van der Waals surface area contributed by atoms with Gasteiger partial charge in [-0.25, -0.2) is 4.98 Å². The van der Waals surface area contributed by atoms with Crippen molar-refractivity contribution in [2.75, 3.05) is 11.1 Å². The molecule has 110 valence electrons. The number of anilines is 2. The molecule has 2 rings (SSSR count). The van der Waals surface area contributed by atoms with Crippen LogP contribution in [0.1, 0.15) is 21.5 Å². The summed E-state index contributed by atoms with van der Waals surface area (Å²) in [7, 11) is 0. The lowest BCUT2D eigenvalue weighted by Crippen LogP contribution is -2.15. The Hall–Kier alpha value is -2.57. The van der Waals surface area contributed by atoms with Crippen LogP contribution < -0.4 is 11.1 Å². The van der Waals surface area contributed by atoms with Gasteiger partial charge in [0.25, 0.3) is 5.91 Å². The fraction of sp³-hybridized carbons (Fsp3) is 0.143. The van der Waals surface area contributed by atoms with Crippen molar-refractivity contribution >= 4 is 17.4 Å². The summed E-state index contributed by atoms with van der Waals surface area (Å²) in [6.07, 6.45) is -3.14. The van der Waals surface area contributed by atoms with Gasteiger partial charge in [-0.05, 0) is 36.8 Å². The van der Waals surface area contributed by atoms with Gasteiger partial charge in [0.2, 0.25) is 0 Å². The van der Waals surface area contributed by atoms with E-state index >= 15 is 0 Å². The average Bonchev–Trinajstić information content (AvgIpc) is 2.41. The number of alkyl halides is 3. The molecule has 0 unspecified atom stereocenters. The third-order valence-corrected chi connectivity index (χ3v) is 2.78. The molecule has 0 aliphatic carbocycles. The number of aromatic nitrogens is 1. The van der Waals surface area contributed by atoms with E-state index in [-0.39, 0.29) is 11.4 Å². The number of aryl methyl sites for hydroxylation is 1. The van der Waals surface area contributed by atoms with E-state index < -0.39 is 17.6 Å². The van der Waals surface area contributed by atoms with Crippen molar-refractivity contribution in [1.29, 1.82) is 0 Å². The number of benzene rings is 1. The maximum atomic E-state index is 12.6. The smallest absolute Gasteiger partial charge is 0.397 e. The van der Waals surface area contributed by atoms with Gasteiger partial charge in [-0.1, -0.05) is 6.07 Å². The molecule has 0 radical (unpaired) electrons. The van der Waals surface area contributed by atoms with Crippen LogP contribution in [0.25, 0.3) is 0 Å². The summed E-state index contributed by atoms with van der Waals surface area (Å²) in [4.78, 5) is 15.9. The largest absolute Gasteiger partial charge is 0.416 e. The topological polar surface area (TPSA) is 68.0 Å². The highest BCUT2D eigenvalue weighted by Gasteiger charge is 2.30. The van der Waals surface area contributed by atoms with Crippen LogP contribution in [0.2, 0.25) is 0 Å². The van der Waals surface area contributed by atoms with Crippen molar-refractivity contribution in [2.24, 2.45) is 0 Å². The highest BCUT2D eigenvalue weighted by atomic mass is 19.4. The van der Waals surface area contributed by atoms with Gasteiger partial charge < -0.3 is 11.1 Å². The minimum absolute atomic E-state index is 0.0946. The number of nitrogens with zero attached hydrogens (tertiary/aromatic N) is 1. The zero-order chi connectivity index (χ0) is 15.6.